The predicted octanol–water partition coefficient (Wildman–Crippen LogP) is 2.30. The Balaban J connectivity index is 2.17. The summed E-state index contributed by atoms with van der Waals surface area (Å²) < 4.78 is 5.16. The number of nitrogens with zero attached hydrogens (tertiary/aromatic N) is 1. The van der Waals surface area contributed by atoms with E-state index < -0.39 is 5.91 Å². The third-order valence-corrected chi connectivity index (χ3v) is 2.84. The minimum atomic E-state index is -0.588. The molecule has 0 bridgehead atoms. The van der Waals surface area contributed by atoms with Crippen LogP contribution >= 0.6 is 0 Å². The average molecular weight is 254 g/mol. The molecule has 0 aliphatic heterocycles. The Labute approximate surface area is 108 Å². The van der Waals surface area contributed by atoms with Crippen LogP contribution in [-0.2, 0) is 0 Å². The van der Waals surface area contributed by atoms with Crippen LogP contribution in [0, 0.1) is 0 Å². The number of aromatic hydroxyl groups is 1. The second-order valence-electron chi connectivity index (χ2n) is 4.17. The molecule has 0 fully saturated rings. The molecule has 5 heteroatoms. The summed E-state index contributed by atoms with van der Waals surface area (Å²) in [5.74, 6) is -0.604. The van der Waals surface area contributed by atoms with Crippen molar-refractivity contribution in [1.29, 1.82) is 0 Å². The van der Waals surface area contributed by atoms with E-state index in [1.54, 1.807) is 30.7 Å². The highest BCUT2D eigenvalue weighted by Gasteiger charge is 2.08. The van der Waals surface area contributed by atoms with Gasteiger partial charge in [-0.3, -0.25) is 4.79 Å². The molecular weight excluding hydrogens is 244 g/mol. The molecule has 0 atom stereocenters. The van der Waals surface area contributed by atoms with Crippen molar-refractivity contribution in [2.45, 2.75) is 0 Å². The van der Waals surface area contributed by atoms with Gasteiger partial charge in [-0.2, -0.15) is 0 Å². The molecule has 0 aliphatic carbocycles. The number of carbonyl (C=O) groups is 1. The molecule has 3 N–H and O–H groups in total. The molecule has 3 aromatic rings. The van der Waals surface area contributed by atoms with Gasteiger partial charge in [-0.1, -0.05) is 0 Å². The van der Waals surface area contributed by atoms with Crippen LogP contribution in [0.25, 0.3) is 22.2 Å². The molecular formula is C14H10N2O3. The zero-order valence-corrected chi connectivity index (χ0v) is 9.83. The lowest BCUT2D eigenvalue weighted by atomic mass is 10.0. The van der Waals surface area contributed by atoms with Gasteiger partial charge in [-0.05, 0) is 35.9 Å². The first kappa shape index (κ1) is 11.3. The van der Waals surface area contributed by atoms with Crippen LogP contribution in [0.1, 0.15) is 10.4 Å². The molecule has 5 nitrogen and oxygen atoms in total. The Morgan fingerprint density at radius 1 is 1.21 bits per heavy atom. The van der Waals surface area contributed by atoms with E-state index in [1.807, 2.05) is 6.07 Å². The van der Waals surface area contributed by atoms with E-state index in [0.717, 1.165) is 10.9 Å². The summed E-state index contributed by atoms with van der Waals surface area (Å²) in [7, 11) is 0. The molecule has 0 radical (unpaired) electrons. The monoisotopic (exact) mass is 254 g/mol. The second-order valence-corrected chi connectivity index (χ2v) is 4.17. The van der Waals surface area contributed by atoms with Crippen molar-refractivity contribution in [2.24, 2.45) is 5.73 Å². The first-order chi connectivity index (χ1) is 9.13. The van der Waals surface area contributed by atoms with Gasteiger partial charge in [0, 0.05) is 22.7 Å². The summed E-state index contributed by atoms with van der Waals surface area (Å²) >= 11 is 0. The normalized spacial score (nSPS) is 10.7. The molecule has 3 rings (SSSR count). The highest BCUT2D eigenvalue weighted by atomic mass is 16.3. The molecule has 0 unspecified atom stereocenters. The summed E-state index contributed by atoms with van der Waals surface area (Å²) in [5, 5.41) is 10.5. The van der Waals surface area contributed by atoms with Crippen LogP contribution in [0.3, 0.4) is 0 Å². The summed E-state index contributed by atoms with van der Waals surface area (Å²) in [6, 6.07) is 8.16. The van der Waals surface area contributed by atoms with Crippen LogP contribution in [0.15, 0.2) is 47.2 Å². The van der Waals surface area contributed by atoms with Crippen LogP contribution in [-0.4, -0.2) is 16.0 Å². The van der Waals surface area contributed by atoms with Gasteiger partial charge in [-0.15, -0.1) is 0 Å². The topological polar surface area (TPSA) is 89.4 Å². The lowest BCUT2D eigenvalue weighted by Crippen LogP contribution is -2.10. The summed E-state index contributed by atoms with van der Waals surface area (Å²) in [4.78, 5) is 15.3. The lowest BCUT2D eigenvalue weighted by molar-refractivity contribution is 0.1000. The second kappa shape index (κ2) is 4.13. The third kappa shape index (κ3) is 2.01. The number of carbonyl (C=O) groups excluding carboxylic acids is 1. The number of primary amides is 1. The van der Waals surface area contributed by atoms with Crippen LogP contribution in [0.2, 0.25) is 0 Å². The van der Waals surface area contributed by atoms with E-state index >= 15 is 0 Å². The minimum absolute atomic E-state index is 0.0152. The van der Waals surface area contributed by atoms with Gasteiger partial charge in [0.2, 0.25) is 11.6 Å². The largest absolute Gasteiger partial charge is 0.508 e. The minimum Gasteiger partial charge on any atom is -0.508 e. The van der Waals surface area contributed by atoms with Gasteiger partial charge >= 0.3 is 0 Å². The Hall–Kier alpha value is -2.82. The van der Waals surface area contributed by atoms with E-state index in [2.05, 4.69) is 4.98 Å². The smallest absolute Gasteiger partial charge is 0.248 e. The van der Waals surface area contributed by atoms with Gasteiger partial charge in [0.25, 0.3) is 0 Å². The van der Waals surface area contributed by atoms with Crippen LogP contribution in [0.5, 0.6) is 5.75 Å². The third-order valence-electron chi connectivity index (χ3n) is 2.84. The SMILES string of the molecule is NC(=O)c1cc(O)cc(-c2cnc3occc3c2)c1. The highest BCUT2D eigenvalue weighted by molar-refractivity contribution is 5.95. The molecule has 2 heterocycles. The number of hydrogen-bond donors (Lipinski definition) is 2. The Morgan fingerprint density at radius 3 is 2.84 bits per heavy atom. The number of fused-ring (bicyclic) bond motifs is 1. The van der Waals surface area contributed by atoms with Gasteiger partial charge in [0.05, 0.1) is 6.26 Å². The zero-order valence-electron chi connectivity index (χ0n) is 9.83. The number of phenolic OH excluding ortho intramolecular Hbond substituents is 1. The quantitative estimate of drug-likeness (QED) is 0.734. The number of amides is 1. The molecule has 0 saturated heterocycles. The van der Waals surface area contributed by atoms with Gasteiger partial charge in [0.1, 0.15) is 5.75 Å². The summed E-state index contributed by atoms with van der Waals surface area (Å²) in [6.45, 7) is 0. The van der Waals surface area contributed by atoms with Crippen molar-refractivity contribution in [2.75, 3.05) is 0 Å². The highest BCUT2D eigenvalue weighted by Crippen LogP contribution is 2.27. The number of aromatic nitrogens is 1. The fourth-order valence-corrected chi connectivity index (χ4v) is 1.94. The lowest BCUT2D eigenvalue weighted by Gasteiger charge is -2.05. The van der Waals surface area contributed by atoms with E-state index in [0.29, 0.717) is 11.3 Å². The number of hydrogen-bond acceptors (Lipinski definition) is 4. The summed E-state index contributed by atoms with van der Waals surface area (Å²) in [5.41, 5.74) is 7.46. The maximum absolute atomic E-state index is 11.2. The van der Waals surface area contributed by atoms with Gasteiger partial charge < -0.3 is 15.3 Å². The average Bonchev–Trinajstić information content (AvgIpc) is 2.85. The fraction of sp³-hybridized carbons (Fsp3) is 0. The molecule has 2 aromatic heterocycles. The molecule has 0 aliphatic rings. The summed E-state index contributed by atoms with van der Waals surface area (Å²) in [6.07, 6.45) is 3.17. The van der Waals surface area contributed by atoms with Gasteiger partial charge in [-0.25, -0.2) is 4.98 Å². The molecule has 94 valence electrons. The number of rotatable bonds is 2. The standard InChI is InChI=1S/C14H10N2O3/c15-13(18)10-4-9(5-12(17)6-10)11-3-8-1-2-19-14(8)16-7-11/h1-7,17H,(H2,15,18). The van der Waals surface area contributed by atoms with Crippen molar-refractivity contribution in [3.8, 4) is 16.9 Å². The zero-order chi connectivity index (χ0) is 13.4. The molecule has 1 aromatic carbocycles. The van der Waals surface area contributed by atoms with Gasteiger partial charge in [0.15, 0.2) is 0 Å². The molecule has 0 spiro atoms. The Morgan fingerprint density at radius 2 is 2.05 bits per heavy atom. The molecule has 1 amide bonds. The Kier molecular flexibility index (Phi) is 2.45. The maximum atomic E-state index is 11.2. The number of nitrogens with two attached hydrogens (primary N) is 1. The van der Waals surface area contributed by atoms with E-state index in [-0.39, 0.29) is 11.3 Å². The maximum Gasteiger partial charge on any atom is 0.248 e. The van der Waals surface area contributed by atoms with Crippen molar-refractivity contribution < 1.29 is 14.3 Å². The van der Waals surface area contributed by atoms with E-state index in [1.165, 1.54) is 6.07 Å². The first-order valence-corrected chi connectivity index (χ1v) is 5.61. The van der Waals surface area contributed by atoms with Crippen LogP contribution in [0.4, 0.5) is 0 Å². The van der Waals surface area contributed by atoms with E-state index in [9.17, 15) is 9.90 Å². The predicted molar refractivity (Wildman–Crippen MR) is 69.6 cm³/mol. The van der Waals surface area contributed by atoms with Crippen molar-refractivity contribution in [3.05, 3.63) is 48.4 Å². The van der Waals surface area contributed by atoms with Crippen molar-refractivity contribution in [1.82, 2.24) is 4.98 Å². The van der Waals surface area contributed by atoms with Crippen molar-refractivity contribution >= 4 is 17.0 Å². The van der Waals surface area contributed by atoms with Crippen LogP contribution < -0.4 is 5.73 Å². The molecule has 0 saturated carbocycles. The first-order valence-electron chi connectivity index (χ1n) is 5.61. The number of benzene rings is 1. The fourth-order valence-electron chi connectivity index (χ4n) is 1.94. The Bertz CT molecular complexity index is 777. The molecule has 19 heavy (non-hydrogen) atoms. The van der Waals surface area contributed by atoms with E-state index in [4.69, 9.17) is 10.2 Å². The number of pyridine rings is 1. The van der Waals surface area contributed by atoms with Crippen molar-refractivity contribution in [3.63, 3.8) is 0 Å². The number of furan rings is 1. The number of phenols is 1.